The third-order valence-corrected chi connectivity index (χ3v) is 5.77. The Bertz CT molecular complexity index is 1160. The van der Waals surface area contributed by atoms with Crippen LogP contribution in [0.3, 0.4) is 0 Å². The normalized spacial score (nSPS) is 10.8. The maximum absolute atomic E-state index is 12.5. The van der Waals surface area contributed by atoms with Crippen molar-refractivity contribution in [2.75, 3.05) is 5.32 Å². The third-order valence-electron chi connectivity index (χ3n) is 4.06. The molecule has 1 amide bonds. The van der Waals surface area contributed by atoms with Crippen LogP contribution in [0.5, 0.6) is 0 Å². The number of carbonyl (C=O) groups excluding carboxylic acids is 1. The number of anilines is 1. The lowest BCUT2D eigenvalue weighted by molar-refractivity contribution is -0.384. The second-order valence-electron chi connectivity index (χ2n) is 6.22. The zero-order valence-electron chi connectivity index (χ0n) is 15.2. The van der Waals surface area contributed by atoms with Crippen molar-refractivity contribution in [3.8, 4) is 15.7 Å². The van der Waals surface area contributed by atoms with Gasteiger partial charge in [0.15, 0.2) is 0 Å². The molecule has 29 heavy (non-hydrogen) atoms. The fourth-order valence-electron chi connectivity index (χ4n) is 2.74. The van der Waals surface area contributed by atoms with Crippen molar-refractivity contribution in [2.45, 2.75) is 13.3 Å². The van der Waals surface area contributed by atoms with E-state index in [-0.39, 0.29) is 18.0 Å². The van der Waals surface area contributed by atoms with Crippen LogP contribution < -0.4 is 5.32 Å². The molecule has 0 radical (unpaired) electrons. The smallest absolute Gasteiger partial charge is 0.269 e. The van der Waals surface area contributed by atoms with Gasteiger partial charge in [-0.05, 0) is 23.9 Å². The number of carbonyl (C=O) groups is 1. The summed E-state index contributed by atoms with van der Waals surface area (Å²) < 4.78 is 1.62. The standard InChI is InChI=1S/C19H15N5O3S2/c1-12-9-17(21-18(25)10-13-4-6-14(7-5-13)24(26)27)23(22-12)19-20-15(11-29-19)16-3-2-8-28-16/h2-9,11H,10H2,1H3,(H,21,25). The fraction of sp³-hybridized carbons (Fsp3) is 0.105. The van der Waals surface area contributed by atoms with Gasteiger partial charge in [-0.3, -0.25) is 14.9 Å². The molecule has 10 heteroatoms. The van der Waals surface area contributed by atoms with Crippen LogP contribution in [0.1, 0.15) is 11.3 Å². The number of benzene rings is 1. The highest BCUT2D eigenvalue weighted by Gasteiger charge is 2.15. The summed E-state index contributed by atoms with van der Waals surface area (Å²) >= 11 is 3.06. The van der Waals surface area contributed by atoms with Crippen LogP contribution in [0, 0.1) is 17.0 Å². The van der Waals surface area contributed by atoms with Gasteiger partial charge >= 0.3 is 0 Å². The minimum atomic E-state index is -0.469. The van der Waals surface area contributed by atoms with Gasteiger partial charge < -0.3 is 5.32 Å². The van der Waals surface area contributed by atoms with Gasteiger partial charge in [-0.2, -0.15) is 9.78 Å². The molecule has 4 aromatic rings. The van der Waals surface area contributed by atoms with Crippen molar-refractivity contribution < 1.29 is 9.72 Å². The predicted molar refractivity (Wildman–Crippen MR) is 113 cm³/mol. The second kappa shape index (κ2) is 7.94. The zero-order valence-corrected chi connectivity index (χ0v) is 16.9. The molecule has 1 N–H and O–H groups in total. The van der Waals surface area contributed by atoms with Gasteiger partial charge in [0.2, 0.25) is 11.0 Å². The SMILES string of the molecule is Cc1cc(NC(=O)Cc2ccc([N+](=O)[O-])cc2)n(-c2nc(-c3cccs3)cs2)n1. The van der Waals surface area contributed by atoms with E-state index in [1.54, 1.807) is 34.2 Å². The largest absolute Gasteiger partial charge is 0.310 e. The highest BCUT2D eigenvalue weighted by atomic mass is 32.1. The quantitative estimate of drug-likeness (QED) is 0.363. The molecule has 0 aliphatic rings. The Balaban J connectivity index is 1.51. The molecule has 3 heterocycles. The Morgan fingerprint density at radius 1 is 1.24 bits per heavy atom. The van der Waals surface area contributed by atoms with Crippen molar-refractivity contribution in [3.63, 3.8) is 0 Å². The molecule has 0 aliphatic carbocycles. The number of rotatable bonds is 6. The van der Waals surface area contributed by atoms with Gasteiger partial charge in [0.05, 0.1) is 27.6 Å². The monoisotopic (exact) mass is 425 g/mol. The Morgan fingerprint density at radius 2 is 2.03 bits per heavy atom. The van der Waals surface area contributed by atoms with Crippen LogP contribution in [0.25, 0.3) is 15.7 Å². The summed E-state index contributed by atoms with van der Waals surface area (Å²) in [4.78, 5) is 28.5. The number of aryl methyl sites for hydroxylation is 1. The number of nitro groups is 1. The summed E-state index contributed by atoms with van der Waals surface area (Å²) in [5.74, 6) is 0.288. The molecule has 0 atom stereocenters. The molecule has 1 aromatic carbocycles. The van der Waals surface area contributed by atoms with Gasteiger partial charge in [0.25, 0.3) is 5.69 Å². The molecule has 0 saturated carbocycles. The first-order valence-electron chi connectivity index (χ1n) is 8.59. The van der Waals surface area contributed by atoms with Crippen LogP contribution in [-0.4, -0.2) is 25.6 Å². The average molecular weight is 425 g/mol. The summed E-state index contributed by atoms with van der Waals surface area (Å²) in [6.45, 7) is 1.84. The van der Waals surface area contributed by atoms with E-state index >= 15 is 0 Å². The molecular formula is C19H15N5O3S2. The zero-order chi connectivity index (χ0) is 20.4. The van der Waals surface area contributed by atoms with Crippen LogP contribution in [0.2, 0.25) is 0 Å². The van der Waals surface area contributed by atoms with Crippen LogP contribution in [-0.2, 0) is 11.2 Å². The van der Waals surface area contributed by atoms with E-state index < -0.39 is 4.92 Å². The van der Waals surface area contributed by atoms with E-state index in [0.717, 1.165) is 16.3 Å². The number of thiophene rings is 1. The number of nitrogens with zero attached hydrogens (tertiary/aromatic N) is 4. The molecule has 0 fully saturated rings. The topological polar surface area (TPSA) is 103 Å². The molecule has 8 nitrogen and oxygen atoms in total. The number of amides is 1. The average Bonchev–Trinajstić information content (AvgIpc) is 3.42. The minimum absolute atomic E-state index is 0.00632. The van der Waals surface area contributed by atoms with Gasteiger partial charge in [0.1, 0.15) is 5.82 Å². The lowest BCUT2D eigenvalue weighted by Gasteiger charge is -2.06. The predicted octanol–water partition coefficient (Wildman–Crippen LogP) is 4.46. The Morgan fingerprint density at radius 3 is 2.72 bits per heavy atom. The number of nitrogens with one attached hydrogen (secondary N) is 1. The number of hydrogen-bond donors (Lipinski definition) is 1. The van der Waals surface area contributed by atoms with Crippen molar-refractivity contribution in [1.82, 2.24) is 14.8 Å². The first-order valence-corrected chi connectivity index (χ1v) is 10.3. The first-order chi connectivity index (χ1) is 14.0. The fourth-order valence-corrected chi connectivity index (χ4v) is 4.29. The van der Waals surface area contributed by atoms with Crippen molar-refractivity contribution >= 4 is 40.1 Å². The van der Waals surface area contributed by atoms with E-state index in [9.17, 15) is 14.9 Å². The summed E-state index contributed by atoms with van der Waals surface area (Å²) in [7, 11) is 0. The summed E-state index contributed by atoms with van der Waals surface area (Å²) in [5.41, 5.74) is 2.30. The maximum atomic E-state index is 12.5. The van der Waals surface area contributed by atoms with E-state index in [0.29, 0.717) is 16.5 Å². The second-order valence-corrected chi connectivity index (χ2v) is 8.01. The summed E-state index contributed by atoms with van der Waals surface area (Å²) in [6, 6.07) is 11.7. The summed E-state index contributed by atoms with van der Waals surface area (Å²) in [5, 5.41) is 22.7. The highest BCUT2D eigenvalue weighted by molar-refractivity contribution is 7.15. The van der Waals surface area contributed by atoms with Gasteiger partial charge in [-0.25, -0.2) is 4.98 Å². The molecule has 4 rings (SSSR count). The van der Waals surface area contributed by atoms with E-state index in [4.69, 9.17) is 0 Å². The molecule has 0 unspecified atom stereocenters. The van der Waals surface area contributed by atoms with E-state index in [1.807, 2.05) is 29.8 Å². The number of thiazole rings is 1. The minimum Gasteiger partial charge on any atom is -0.310 e. The van der Waals surface area contributed by atoms with Crippen LogP contribution in [0.4, 0.5) is 11.5 Å². The van der Waals surface area contributed by atoms with Crippen LogP contribution in [0.15, 0.2) is 53.2 Å². The van der Waals surface area contributed by atoms with Crippen molar-refractivity contribution in [3.05, 3.63) is 74.6 Å². The number of aromatic nitrogens is 3. The lowest BCUT2D eigenvalue weighted by Crippen LogP contribution is -2.17. The molecule has 0 saturated heterocycles. The Kier molecular flexibility index (Phi) is 5.19. The van der Waals surface area contributed by atoms with Crippen molar-refractivity contribution in [2.24, 2.45) is 0 Å². The maximum Gasteiger partial charge on any atom is 0.269 e. The molecule has 146 valence electrons. The van der Waals surface area contributed by atoms with Crippen LogP contribution >= 0.6 is 22.7 Å². The third kappa shape index (κ3) is 4.23. The molecule has 0 bridgehead atoms. The van der Waals surface area contributed by atoms with Gasteiger partial charge in [-0.15, -0.1) is 22.7 Å². The van der Waals surface area contributed by atoms with E-state index in [1.165, 1.54) is 23.5 Å². The molecule has 3 aromatic heterocycles. The number of nitro benzene ring substituents is 1. The molecular weight excluding hydrogens is 410 g/mol. The van der Waals surface area contributed by atoms with Gasteiger partial charge in [0, 0.05) is 23.6 Å². The number of non-ortho nitro benzene ring substituents is 1. The Hall–Kier alpha value is -3.37. The van der Waals surface area contributed by atoms with Crippen molar-refractivity contribution in [1.29, 1.82) is 0 Å². The first kappa shape index (κ1) is 19.0. The molecule has 0 aliphatic heterocycles. The van der Waals surface area contributed by atoms with Gasteiger partial charge in [-0.1, -0.05) is 18.2 Å². The lowest BCUT2D eigenvalue weighted by atomic mass is 10.1. The Labute approximate surface area is 173 Å². The highest BCUT2D eigenvalue weighted by Crippen LogP contribution is 2.29. The summed E-state index contributed by atoms with van der Waals surface area (Å²) in [6.07, 6.45) is 0.0978. The van der Waals surface area contributed by atoms with E-state index in [2.05, 4.69) is 15.4 Å². The number of hydrogen-bond acceptors (Lipinski definition) is 7. The molecule has 0 spiro atoms.